The highest BCUT2D eigenvalue weighted by Gasteiger charge is 2.52. The fraction of sp³-hybridized carbons (Fsp3) is 0.667. The molecule has 4 fully saturated rings. The molecule has 1 aromatic rings. The van der Waals surface area contributed by atoms with Crippen molar-refractivity contribution in [1.29, 1.82) is 0 Å². The molecule has 3 aliphatic heterocycles. The van der Waals surface area contributed by atoms with E-state index in [0.717, 1.165) is 74.1 Å². The zero-order valence-corrected chi connectivity index (χ0v) is 16.3. The van der Waals surface area contributed by atoms with Gasteiger partial charge in [-0.15, -0.1) is 11.3 Å². The Labute approximate surface area is 160 Å². The number of hydrogen-bond acceptors (Lipinski definition) is 4. The van der Waals surface area contributed by atoms with Gasteiger partial charge >= 0.3 is 5.97 Å². The number of ether oxygens (including phenoxy) is 1. The molecule has 0 spiro atoms. The number of thiophene rings is 1. The summed E-state index contributed by atoms with van der Waals surface area (Å²) in [4.78, 5) is 14.0. The van der Waals surface area contributed by atoms with E-state index in [4.69, 9.17) is 4.74 Å². The molecule has 2 atom stereocenters. The van der Waals surface area contributed by atoms with Gasteiger partial charge in [0, 0.05) is 29.6 Å². The predicted octanol–water partition coefficient (Wildman–Crippen LogP) is 3.46. The average molecular weight is 377 g/mol. The van der Waals surface area contributed by atoms with Gasteiger partial charge in [0.05, 0.1) is 19.6 Å². The van der Waals surface area contributed by atoms with E-state index in [-0.39, 0.29) is 12.0 Å². The Morgan fingerprint density at radius 3 is 2.69 bits per heavy atom. The van der Waals surface area contributed by atoms with Crippen LogP contribution >= 0.6 is 11.3 Å². The Morgan fingerprint density at radius 2 is 2.08 bits per heavy atom. The van der Waals surface area contributed by atoms with E-state index >= 15 is 0 Å². The normalized spacial score (nSPS) is 33.7. The molecule has 5 rings (SSSR count). The minimum atomic E-state index is -1.47. The lowest BCUT2D eigenvalue weighted by atomic mass is 9.82. The van der Waals surface area contributed by atoms with Crippen molar-refractivity contribution in [3.05, 3.63) is 35.0 Å². The molecule has 0 aromatic carbocycles. The lowest BCUT2D eigenvalue weighted by Gasteiger charge is -2.52. The maximum atomic E-state index is 13.3. The first-order valence-electron chi connectivity index (χ1n) is 10.0. The Hall–Kier alpha value is -1.17. The minimum Gasteiger partial charge on any atom is -0.454 e. The summed E-state index contributed by atoms with van der Waals surface area (Å²) in [7, 11) is 0. The third-order valence-corrected chi connectivity index (χ3v) is 7.96. The molecule has 0 unspecified atom stereocenters. The Kier molecular flexibility index (Phi) is 4.97. The molecular weight excluding hydrogens is 346 g/mol. The van der Waals surface area contributed by atoms with Crippen LogP contribution in [0.15, 0.2) is 30.2 Å². The number of esters is 1. The summed E-state index contributed by atoms with van der Waals surface area (Å²) < 4.78 is 7.05. The van der Waals surface area contributed by atoms with E-state index in [1.165, 1.54) is 11.3 Å². The number of carbonyl (C=O) groups is 1. The Balaban J connectivity index is 1.55. The maximum absolute atomic E-state index is 13.3. The largest absolute Gasteiger partial charge is 0.454 e. The van der Waals surface area contributed by atoms with Gasteiger partial charge in [-0.25, -0.2) is 4.79 Å². The average Bonchev–Trinajstić information content (AvgIpc) is 3.36. The quantitative estimate of drug-likeness (QED) is 0.470. The SMILES string of the molecule is C=CC[N+]12CCC(CC1)[C@@H](OC(=O)[C@](O)(c1cccs1)C1CCCC1)C2. The first kappa shape index (κ1) is 18.2. The summed E-state index contributed by atoms with van der Waals surface area (Å²) in [6.07, 6.45) is 8.08. The highest BCUT2D eigenvalue weighted by Crippen LogP contribution is 2.44. The van der Waals surface area contributed by atoms with Gasteiger partial charge < -0.3 is 14.3 Å². The summed E-state index contributed by atoms with van der Waals surface area (Å²) in [6.45, 7) is 8.04. The van der Waals surface area contributed by atoms with Gasteiger partial charge in [0.1, 0.15) is 6.54 Å². The standard InChI is InChI=1S/C21H30NO3S/c1-2-11-22-12-9-16(10-13-22)18(15-22)25-20(23)21(24,17-6-3-4-7-17)19-8-5-14-26-19/h2,5,8,14,16-18,24H,1,3-4,6-7,9-13,15H2/q+1/t16?,18-,21+,22?/m0/s1. The van der Waals surface area contributed by atoms with Crippen molar-refractivity contribution >= 4 is 17.3 Å². The number of quaternary nitrogens is 1. The monoisotopic (exact) mass is 376 g/mol. The second-order valence-corrected chi connectivity index (χ2v) is 9.40. The topological polar surface area (TPSA) is 46.5 Å². The number of hydrogen-bond donors (Lipinski definition) is 1. The smallest absolute Gasteiger partial charge is 0.344 e. The summed E-state index contributed by atoms with van der Waals surface area (Å²) in [5.41, 5.74) is -1.47. The summed E-state index contributed by atoms with van der Waals surface area (Å²) in [5.74, 6) is 0.00772. The van der Waals surface area contributed by atoms with Crippen LogP contribution in [0, 0.1) is 11.8 Å². The molecule has 1 aromatic heterocycles. The molecule has 26 heavy (non-hydrogen) atoms. The second kappa shape index (κ2) is 7.10. The third kappa shape index (κ3) is 3.04. The van der Waals surface area contributed by atoms with Crippen molar-refractivity contribution in [3.63, 3.8) is 0 Å². The summed E-state index contributed by atoms with van der Waals surface area (Å²) in [6, 6.07) is 3.79. The number of piperidine rings is 3. The van der Waals surface area contributed by atoms with E-state index in [2.05, 4.69) is 6.58 Å². The highest BCUT2D eigenvalue weighted by atomic mass is 32.1. The van der Waals surface area contributed by atoms with E-state index < -0.39 is 11.6 Å². The molecule has 5 heteroatoms. The maximum Gasteiger partial charge on any atom is 0.344 e. The van der Waals surface area contributed by atoms with Gasteiger partial charge in [0.25, 0.3) is 0 Å². The van der Waals surface area contributed by atoms with E-state index in [1.54, 1.807) is 0 Å². The molecule has 4 nitrogen and oxygen atoms in total. The molecule has 3 saturated heterocycles. The van der Waals surface area contributed by atoms with Crippen molar-refractivity contribution < 1.29 is 19.1 Å². The van der Waals surface area contributed by atoms with Crippen LogP contribution in [0.4, 0.5) is 0 Å². The van der Waals surface area contributed by atoms with Crippen LogP contribution in [0.25, 0.3) is 0 Å². The van der Waals surface area contributed by atoms with Gasteiger partial charge in [0.2, 0.25) is 0 Å². The van der Waals surface area contributed by atoms with E-state index in [1.807, 2.05) is 23.6 Å². The van der Waals surface area contributed by atoms with Crippen LogP contribution < -0.4 is 0 Å². The van der Waals surface area contributed by atoms with Crippen molar-refractivity contribution in [3.8, 4) is 0 Å². The minimum absolute atomic E-state index is 0.0222. The van der Waals surface area contributed by atoms with Gasteiger partial charge in [-0.05, 0) is 30.4 Å². The fourth-order valence-corrected chi connectivity index (χ4v) is 6.31. The molecule has 1 aliphatic carbocycles. The lowest BCUT2D eigenvalue weighted by molar-refractivity contribution is -0.941. The first-order chi connectivity index (χ1) is 12.6. The number of aliphatic hydroxyl groups is 1. The summed E-state index contributed by atoms with van der Waals surface area (Å²) >= 11 is 1.46. The highest BCUT2D eigenvalue weighted by molar-refractivity contribution is 7.10. The molecule has 0 radical (unpaired) electrons. The fourth-order valence-electron chi connectivity index (χ4n) is 5.42. The predicted molar refractivity (Wildman–Crippen MR) is 103 cm³/mol. The van der Waals surface area contributed by atoms with Gasteiger partial charge in [0.15, 0.2) is 11.7 Å². The van der Waals surface area contributed by atoms with Crippen molar-refractivity contribution in [2.24, 2.45) is 11.8 Å². The molecule has 1 saturated carbocycles. The Morgan fingerprint density at radius 1 is 1.35 bits per heavy atom. The van der Waals surface area contributed by atoms with Gasteiger partial charge in [-0.2, -0.15) is 0 Å². The molecule has 4 aliphatic rings. The number of rotatable bonds is 6. The van der Waals surface area contributed by atoms with Gasteiger partial charge in [-0.3, -0.25) is 0 Å². The van der Waals surface area contributed by atoms with E-state index in [0.29, 0.717) is 5.92 Å². The zero-order valence-electron chi connectivity index (χ0n) is 15.4. The second-order valence-electron chi connectivity index (χ2n) is 8.45. The number of nitrogens with zero attached hydrogens (tertiary/aromatic N) is 1. The zero-order chi connectivity index (χ0) is 18.2. The van der Waals surface area contributed by atoms with Crippen LogP contribution in [-0.4, -0.2) is 47.8 Å². The molecular formula is C21H30NO3S+. The number of carbonyl (C=O) groups excluding carboxylic acids is 1. The van der Waals surface area contributed by atoms with Crippen molar-refractivity contribution in [1.82, 2.24) is 0 Å². The van der Waals surface area contributed by atoms with E-state index in [9.17, 15) is 9.90 Å². The first-order valence-corrected chi connectivity index (χ1v) is 10.9. The van der Waals surface area contributed by atoms with Crippen molar-refractivity contribution in [2.75, 3.05) is 26.2 Å². The molecule has 4 heterocycles. The molecule has 2 bridgehead atoms. The molecule has 1 N–H and O–H groups in total. The summed E-state index contributed by atoms with van der Waals surface area (Å²) in [5, 5.41) is 13.5. The van der Waals surface area contributed by atoms with Crippen LogP contribution in [0.5, 0.6) is 0 Å². The molecule has 0 amide bonds. The Bertz CT molecular complexity index is 644. The van der Waals surface area contributed by atoms with Crippen LogP contribution in [-0.2, 0) is 15.1 Å². The van der Waals surface area contributed by atoms with Crippen molar-refractivity contribution in [2.45, 2.75) is 50.2 Å². The van der Waals surface area contributed by atoms with Gasteiger partial charge in [-0.1, -0.05) is 25.5 Å². The number of fused-ring (bicyclic) bond motifs is 3. The van der Waals surface area contributed by atoms with Crippen LogP contribution in [0.2, 0.25) is 0 Å². The third-order valence-electron chi connectivity index (χ3n) is 6.97. The van der Waals surface area contributed by atoms with Crippen LogP contribution in [0.3, 0.4) is 0 Å². The van der Waals surface area contributed by atoms with Crippen LogP contribution in [0.1, 0.15) is 43.4 Å². The lowest BCUT2D eigenvalue weighted by Crippen LogP contribution is -2.65. The molecule has 142 valence electrons.